The number of hydrogen-bond acceptors (Lipinski definition) is 4. The largest absolute Gasteiger partial charge is 0.497 e. The van der Waals surface area contributed by atoms with Gasteiger partial charge < -0.3 is 15.4 Å². The first-order valence-corrected chi connectivity index (χ1v) is 11.8. The molecule has 0 radical (unpaired) electrons. The van der Waals surface area contributed by atoms with E-state index in [1.807, 2.05) is 58.9 Å². The van der Waals surface area contributed by atoms with Crippen molar-refractivity contribution in [3.63, 3.8) is 0 Å². The lowest BCUT2D eigenvalue weighted by molar-refractivity contribution is -0.137. The van der Waals surface area contributed by atoms with Crippen LogP contribution in [0.25, 0.3) is 0 Å². The standard InChI is InChI=1S/C27H34F3N3O3/c1-25(2,3)22(16-7-9-18(10-8-16)27(28,29)30)33-23(35)20-15-21(34)32-24(31-20)26(4,5)17-11-13-19(36-6)14-12-17/h7-14,20,22,24,31H,15H2,1-6H3,(H,32,34)(H,33,35)/t20?,22-,24?/m0/s1. The molecule has 6 nitrogen and oxygen atoms in total. The maximum Gasteiger partial charge on any atom is 0.416 e. The molecule has 0 spiro atoms. The van der Waals surface area contributed by atoms with Crippen LogP contribution in [0.1, 0.15) is 63.8 Å². The third kappa shape index (κ3) is 6.19. The van der Waals surface area contributed by atoms with E-state index in [1.165, 1.54) is 12.1 Å². The van der Waals surface area contributed by atoms with Crippen molar-refractivity contribution in [2.24, 2.45) is 5.41 Å². The van der Waals surface area contributed by atoms with Crippen molar-refractivity contribution in [3.8, 4) is 5.75 Å². The zero-order chi connectivity index (χ0) is 26.9. The van der Waals surface area contributed by atoms with E-state index in [-0.39, 0.29) is 18.2 Å². The number of amides is 2. The lowest BCUT2D eigenvalue weighted by atomic mass is 9.79. The molecule has 2 unspecified atom stereocenters. The van der Waals surface area contributed by atoms with E-state index < -0.39 is 40.8 Å². The molecule has 0 aliphatic carbocycles. The topological polar surface area (TPSA) is 79.5 Å². The van der Waals surface area contributed by atoms with E-state index in [0.29, 0.717) is 11.3 Å². The fourth-order valence-corrected chi connectivity index (χ4v) is 4.36. The van der Waals surface area contributed by atoms with Gasteiger partial charge in [0.05, 0.1) is 37.3 Å². The molecule has 0 bridgehead atoms. The Balaban J connectivity index is 1.80. The summed E-state index contributed by atoms with van der Waals surface area (Å²) in [5.41, 5.74) is -0.301. The molecule has 0 aromatic heterocycles. The van der Waals surface area contributed by atoms with Gasteiger partial charge in [0.25, 0.3) is 0 Å². The van der Waals surface area contributed by atoms with Crippen molar-refractivity contribution in [2.75, 3.05) is 7.11 Å². The minimum atomic E-state index is -4.44. The summed E-state index contributed by atoms with van der Waals surface area (Å²) in [4.78, 5) is 25.9. The maximum absolute atomic E-state index is 13.3. The van der Waals surface area contributed by atoms with Crippen molar-refractivity contribution in [1.29, 1.82) is 0 Å². The van der Waals surface area contributed by atoms with Crippen LogP contribution >= 0.6 is 0 Å². The molecule has 36 heavy (non-hydrogen) atoms. The summed E-state index contributed by atoms with van der Waals surface area (Å²) in [5, 5.41) is 9.17. The average Bonchev–Trinajstić information content (AvgIpc) is 2.80. The van der Waals surface area contributed by atoms with Crippen molar-refractivity contribution in [3.05, 3.63) is 65.2 Å². The fraction of sp³-hybridized carbons (Fsp3) is 0.481. The number of halogens is 3. The predicted octanol–water partition coefficient (Wildman–Crippen LogP) is 4.70. The van der Waals surface area contributed by atoms with Gasteiger partial charge >= 0.3 is 6.18 Å². The minimum Gasteiger partial charge on any atom is -0.497 e. The van der Waals surface area contributed by atoms with Gasteiger partial charge in [0, 0.05) is 5.41 Å². The average molecular weight is 506 g/mol. The molecule has 1 fully saturated rings. The van der Waals surface area contributed by atoms with Crippen LogP contribution in [0.15, 0.2) is 48.5 Å². The SMILES string of the molecule is COc1ccc(C(C)(C)C2NC(=O)CC(C(=O)N[C@@H](c3ccc(C(F)(F)F)cc3)C(C)(C)C)N2)cc1. The van der Waals surface area contributed by atoms with Crippen molar-refractivity contribution in [1.82, 2.24) is 16.0 Å². The number of benzene rings is 2. The quantitative estimate of drug-likeness (QED) is 0.532. The van der Waals surface area contributed by atoms with Gasteiger partial charge in [-0.1, -0.05) is 58.9 Å². The molecule has 1 heterocycles. The van der Waals surface area contributed by atoms with Gasteiger partial charge in [0.1, 0.15) is 5.75 Å². The Bertz CT molecular complexity index is 1070. The van der Waals surface area contributed by atoms with Gasteiger partial charge in [-0.25, -0.2) is 0 Å². The number of alkyl halides is 3. The summed E-state index contributed by atoms with van der Waals surface area (Å²) in [6.07, 6.45) is -5.02. The first kappa shape index (κ1) is 27.5. The van der Waals surface area contributed by atoms with E-state index in [4.69, 9.17) is 4.74 Å². The third-order valence-electron chi connectivity index (χ3n) is 6.66. The minimum absolute atomic E-state index is 0.0507. The van der Waals surface area contributed by atoms with Crippen LogP contribution in [-0.2, 0) is 21.2 Å². The highest BCUT2D eigenvalue weighted by molar-refractivity contribution is 5.90. The molecule has 2 amide bonds. The summed E-state index contributed by atoms with van der Waals surface area (Å²) in [6.45, 7) is 9.62. The van der Waals surface area contributed by atoms with Crippen LogP contribution < -0.4 is 20.7 Å². The van der Waals surface area contributed by atoms with E-state index in [1.54, 1.807) is 7.11 Å². The van der Waals surface area contributed by atoms with Gasteiger partial charge in [-0.05, 0) is 40.8 Å². The first-order chi connectivity index (χ1) is 16.6. The smallest absolute Gasteiger partial charge is 0.416 e. The molecule has 0 saturated carbocycles. The van der Waals surface area contributed by atoms with E-state index in [2.05, 4.69) is 16.0 Å². The van der Waals surface area contributed by atoms with Gasteiger partial charge in [-0.2, -0.15) is 13.2 Å². The highest BCUT2D eigenvalue weighted by Gasteiger charge is 2.41. The van der Waals surface area contributed by atoms with Crippen LogP contribution in [0, 0.1) is 5.41 Å². The van der Waals surface area contributed by atoms with Crippen LogP contribution in [0.5, 0.6) is 5.75 Å². The zero-order valence-corrected chi connectivity index (χ0v) is 21.4. The van der Waals surface area contributed by atoms with Crippen molar-refractivity contribution >= 4 is 11.8 Å². The van der Waals surface area contributed by atoms with Crippen LogP contribution in [0.3, 0.4) is 0 Å². The molecular formula is C27H34F3N3O3. The molecule has 2 aromatic rings. The Morgan fingerprint density at radius 1 is 0.972 bits per heavy atom. The Kier molecular flexibility index (Phi) is 7.74. The van der Waals surface area contributed by atoms with Gasteiger partial charge in [-0.3, -0.25) is 14.9 Å². The van der Waals surface area contributed by atoms with Crippen LogP contribution in [-0.4, -0.2) is 31.1 Å². The first-order valence-electron chi connectivity index (χ1n) is 11.8. The molecule has 196 valence electrons. The molecule has 9 heteroatoms. The molecule has 1 aliphatic heterocycles. The van der Waals surface area contributed by atoms with E-state index >= 15 is 0 Å². The summed E-state index contributed by atoms with van der Waals surface area (Å²) >= 11 is 0. The summed E-state index contributed by atoms with van der Waals surface area (Å²) in [6, 6.07) is 10.9. The highest BCUT2D eigenvalue weighted by atomic mass is 19.4. The number of nitrogens with one attached hydrogen (secondary N) is 3. The number of methoxy groups -OCH3 is 1. The lowest BCUT2D eigenvalue weighted by Crippen LogP contribution is -2.66. The number of ether oxygens (including phenoxy) is 1. The Hall–Kier alpha value is -3.07. The number of carbonyl (C=O) groups is 2. The molecule has 3 N–H and O–H groups in total. The van der Waals surface area contributed by atoms with Gasteiger partial charge in [0.15, 0.2) is 0 Å². The Morgan fingerprint density at radius 2 is 1.53 bits per heavy atom. The summed E-state index contributed by atoms with van der Waals surface area (Å²) in [7, 11) is 1.59. The fourth-order valence-electron chi connectivity index (χ4n) is 4.36. The van der Waals surface area contributed by atoms with Crippen molar-refractivity contribution < 1.29 is 27.5 Å². The number of rotatable bonds is 6. The Labute approximate surface area is 210 Å². The second-order valence-corrected chi connectivity index (χ2v) is 10.8. The number of carbonyl (C=O) groups excluding carboxylic acids is 2. The monoisotopic (exact) mass is 505 g/mol. The molecule has 2 aromatic carbocycles. The molecule has 1 aliphatic rings. The molecule has 1 saturated heterocycles. The van der Waals surface area contributed by atoms with Gasteiger partial charge in [0.2, 0.25) is 11.8 Å². The Morgan fingerprint density at radius 3 is 2.03 bits per heavy atom. The van der Waals surface area contributed by atoms with E-state index in [0.717, 1.165) is 17.7 Å². The molecule has 3 rings (SSSR count). The van der Waals surface area contributed by atoms with Gasteiger partial charge in [-0.15, -0.1) is 0 Å². The summed E-state index contributed by atoms with van der Waals surface area (Å²) < 4.78 is 44.3. The zero-order valence-electron chi connectivity index (χ0n) is 21.4. The van der Waals surface area contributed by atoms with Crippen LogP contribution in [0.2, 0.25) is 0 Å². The second-order valence-electron chi connectivity index (χ2n) is 10.8. The third-order valence-corrected chi connectivity index (χ3v) is 6.66. The number of hydrogen-bond donors (Lipinski definition) is 3. The normalized spacial score (nSPS) is 19.9. The van der Waals surface area contributed by atoms with Crippen molar-refractivity contribution in [2.45, 2.75) is 70.9 Å². The lowest BCUT2D eigenvalue weighted by Gasteiger charge is -2.42. The predicted molar refractivity (Wildman–Crippen MR) is 131 cm³/mol. The maximum atomic E-state index is 13.3. The highest BCUT2D eigenvalue weighted by Crippen LogP contribution is 2.36. The second kappa shape index (κ2) is 10.1. The molecule has 3 atom stereocenters. The molecular weight excluding hydrogens is 471 g/mol. The summed E-state index contributed by atoms with van der Waals surface area (Å²) in [5.74, 6) is 0.0615. The van der Waals surface area contributed by atoms with Crippen LogP contribution in [0.4, 0.5) is 13.2 Å². The van der Waals surface area contributed by atoms with E-state index in [9.17, 15) is 22.8 Å².